The molecule has 32 heavy (non-hydrogen) atoms. The number of H-pyrrole nitrogens is 1. The third-order valence-electron chi connectivity index (χ3n) is 4.90. The number of esters is 1. The Labute approximate surface area is 196 Å². The lowest BCUT2D eigenvalue weighted by Gasteiger charge is -2.20. The third-order valence-corrected chi connectivity index (χ3v) is 5.57. The Kier molecular flexibility index (Phi) is 8.09. The summed E-state index contributed by atoms with van der Waals surface area (Å²) in [5.74, 6) is 0.512. The number of pyridine rings is 1. The van der Waals surface area contributed by atoms with Crippen LogP contribution in [0.25, 0.3) is 0 Å². The van der Waals surface area contributed by atoms with E-state index >= 15 is 0 Å². The SMILES string of the molecule is COc1ccc([C@H](Cc2c(Cl)c[nH+]cc2Cl)OC(=O)c2cccc(CC=O)c2)cc1OC. The maximum Gasteiger partial charge on any atom is 0.338 e. The summed E-state index contributed by atoms with van der Waals surface area (Å²) < 4.78 is 16.6. The van der Waals surface area contributed by atoms with E-state index in [1.165, 1.54) is 7.11 Å². The van der Waals surface area contributed by atoms with E-state index in [4.69, 9.17) is 37.4 Å². The summed E-state index contributed by atoms with van der Waals surface area (Å²) in [7, 11) is 3.07. The number of hydrogen-bond donors (Lipinski definition) is 0. The molecule has 0 saturated heterocycles. The van der Waals surface area contributed by atoms with Crippen LogP contribution in [0.4, 0.5) is 0 Å². The fourth-order valence-electron chi connectivity index (χ4n) is 3.26. The Morgan fingerprint density at radius 1 is 1.03 bits per heavy atom. The lowest BCUT2D eigenvalue weighted by atomic mass is 10.0. The van der Waals surface area contributed by atoms with Crippen LogP contribution in [0, 0.1) is 0 Å². The molecule has 0 fully saturated rings. The normalized spacial score (nSPS) is 11.5. The van der Waals surface area contributed by atoms with Gasteiger partial charge in [0.15, 0.2) is 23.9 Å². The van der Waals surface area contributed by atoms with Gasteiger partial charge in [-0.25, -0.2) is 9.78 Å². The van der Waals surface area contributed by atoms with Crippen molar-refractivity contribution in [3.05, 3.63) is 87.2 Å². The van der Waals surface area contributed by atoms with Crippen LogP contribution < -0.4 is 14.5 Å². The van der Waals surface area contributed by atoms with E-state index < -0.39 is 12.1 Å². The van der Waals surface area contributed by atoms with Crippen LogP contribution in [-0.4, -0.2) is 26.5 Å². The van der Waals surface area contributed by atoms with Gasteiger partial charge in [-0.05, 0) is 35.4 Å². The summed E-state index contributed by atoms with van der Waals surface area (Å²) in [4.78, 5) is 26.7. The lowest BCUT2D eigenvalue weighted by Crippen LogP contribution is -2.16. The van der Waals surface area contributed by atoms with Gasteiger partial charge in [-0.3, -0.25) is 0 Å². The van der Waals surface area contributed by atoms with Crippen molar-refractivity contribution in [2.24, 2.45) is 0 Å². The van der Waals surface area contributed by atoms with Gasteiger partial charge >= 0.3 is 5.97 Å². The molecule has 0 unspecified atom stereocenters. The van der Waals surface area contributed by atoms with Crippen molar-refractivity contribution in [2.75, 3.05) is 14.2 Å². The molecule has 3 rings (SSSR count). The topological polar surface area (TPSA) is 76.0 Å². The minimum atomic E-state index is -0.713. The molecule has 1 heterocycles. The summed E-state index contributed by atoms with van der Waals surface area (Å²) in [6.45, 7) is 0. The summed E-state index contributed by atoms with van der Waals surface area (Å²) >= 11 is 12.7. The number of methoxy groups -OCH3 is 2. The zero-order valence-electron chi connectivity index (χ0n) is 17.6. The van der Waals surface area contributed by atoms with Crippen LogP contribution in [0.2, 0.25) is 10.0 Å². The maximum absolute atomic E-state index is 13.0. The van der Waals surface area contributed by atoms with Crippen molar-refractivity contribution in [1.82, 2.24) is 0 Å². The van der Waals surface area contributed by atoms with Crippen LogP contribution in [-0.2, 0) is 22.4 Å². The number of ether oxygens (including phenoxy) is 3. The Bertz CT molecular complexity index is 1100. The highest BCUT2D eigenvalue weighted by Gasteiger charge is 2.24. The molecule has 0 aliphatic carbocycles. The number of carbonyl (C=O) groups is 2. The molecule has 1 N–H and O–H groups in total. The van der Waals surface area contributed by atoms with E-state index in [9.17, 15) is 9.59 Å². The van der Waals surface area contributed by atoms with E-state index in [0.717, 1.165) is 11.8 Å². The fraction of sp³-hybridized carbons (Fsp3) is 0.208. The Morgan fingerprint density at radius 3 is 2.41 bits per heavy atom. The van der Waals surface area contributed by atoms with Gasteiger partial charge in [0, 0.05) is 18.4 Å². The number of nitrogens with one attached hydrogen (secondary N) is 1. The molecule has 6 nitrogen and oxygen atoms in total. The molecule has 8 heteroatoms. The minimum Gasteiger partial charge on any atom is -0.493 e. The van der Waals surface area contributed by atoms with Gasteiger partial charge in [0.1, 0.15) is 22.4 Å². The number of benzene rings is 2. The van der Waals surface area contributed by atoms with Crippen molar-refractivity contribution in [2.45, 2.75) is 18.9 Å². The van der Waals surface area contributed by atoms with Crippen molar-refractivity contribution < 1.29 is 28.8 Å². The van der Waals surface area contributed by atoms with Crippen LogP contribution in [0.5, 0.6) is 11.5 Å². The number of hydrogen-bond acceptors (Lipinski definition) is 5. The highest BCUT2D eigenvalue weighted by atomic mass is 35.5. The fourth-order valence-corrected chi connectivity index (χ4v) is 3.79. The van der Waals surface area contributed by atoms with E-state index in [1.54, 1.807) is 62.0 Å². The first kappa shape index (κ1) is 23.6. The predicted octanol–water partition coefficient (Wildman–Crippen LogP) is 4.71. The van der Waals surface area contributed by atoms with Crippen molar-refractivity contribution in [3.63, 3.8) is 0 Å². The van der Waals surface area contributed by atoms with Gasteiger partial charge in [-0.15, -0.1) is 0 Å². The maximum atomic E-state index is 13.0. The molecule has 0 aliphatic heterocycles. The molecule has 0 amide bonds. The van der Waals surface area contributed by atoms with E-state index in [2.05, 4.69) is 4.98 Å². The first-order chi connectivity index (χ1) is 15.5. The molecule has 0 radical (unpaired) electrons. The molecule has 2 aromatic carbocycles. The second kappa shape index (κ2) is 11.0. The summed E-state index contributed by atoms with van der Waals surface area (Å²) in [6, 6.07) is 12.0. The van der Waals surface area contributed by atoms with E-state index in [1.807, 2.05) is 0 Å². The molecular weight excluding hydrogens is 453 g/mol. The number of aromatic amines is 1. The molecule has 1 aromatic heterocycles. The Morgan fingerprint density at radius 2 is 1.75 bits per heavy atom. The van der Waals surface area contributed by atoms with Gasteiger partial charge in [0.05, 0.1) is 19.8 Å². The van der Waals surface area contributed by atoms with Gasteiger partial charge in [0.2, 0.25) is 0 Å². The van der Waals surface area contributed by atoms with Gasteiger partial charge in [-0.1, -0.05) is 41.4 Å². The first-order valence-corrected chi connectivity index (χ1v) is 10.5. The second-order valence-corrected chi connectivity index (χ2v) is 7.73. The molecule has 166 valence electrons. The number of aldehydes is 1. The monoisotopic (exact) mass is 474 g/mol. The summed E-state index contributed by atoms with van der Waals surface area (Å²) in [5, 5.41) is 0.846. The van der Waals surface area contributed by atoms with Gasteiger partial charge in [0.25, 0.3) is 0 Å². The molecule has 3 aromatic rings. The highest BCUT2D eigenvalue weighted by Crippen LogP contribution is 2.35. The number of aromatic nitrogens is 1. The van der Waals surface area contributed by atoms with Crippen LogP contribution in [0.3, 0.4) is 0 Å². The number of halogens is 2. The zero-order valence-corrected chi connectivity index (χ0v) is 19.1. The molecular formula is C24H22Cl2NO5+. The summed E-state index contributed by atoms with van der Waals surface area (Å²) in [5.41, 5.74) is 2.38. The molecule has 0 bridgehead atoms. The molecule has 0 saturated carbocycles. The smallest absolute Gasteiger partial charge is 0.338 e. The van der Waals surface area contributed by atoms with E-state index in [0.29, 0.717) is 38.2 Å². The van der Waals surface area contributed by atoms with Crippen molar-refractivity contribution >= 4 is 35.5 Å². The van der Waals surface area contributed by atoms with Crippen LogP contribution in [0.1, 0.15) is 33.2 Å². The first-order valence-electron chi connectivity index (χ1n) is 9.76. The van der Waals surface area contributed by atoms with Crippen molar-refractivity contribution in [1.29, 1.82) is 0 Å². The quantitative estimate of drug-likeness (QED) is 0.331. The lowest BCUT2D eigenvalue weighted by molar-refractivity contribution is -0.377. The van der Waals surface area contributed by atoms with E-state index in [-0.39, 0.29) is 12.8 Å². The van der Waals surface area contributed by atoms with Crippen LogP contribution >= 0.6 is 23.2 Å². The minimum absolute atomic E-state index is 0.214. The van der Waals surface area contributed by atoms with Crippen LogP contribution in [0.15, 0.2) is 54.9 Å². The highest BCUT2D eigenvalue weighted by molar-refractivity contribution is 6.35. The standard InChI is InChI=1S/C24H21Cl2NO5/c1-30-21-7-6-16(11-23(21)31-2)22(12-18-19(25)13-27-14-20(18)26)32-24(29)17-5-3-4-15(10-17)8-9-28/h3-7,9-11,13-14,22H,8,12H2,1-2H3/p+1/t22-/m0/s1. The van der Waals surface area contributed by atoms with Gasteiger partial charge in [-0.2, -0.15) is 0 Å². The summed E-state index contributed by atoms with van der Waals surface area (Å²) in [6.07, 6.45) is 3.74. The second-order valence-electron chi connectivity index (χ2n) is 6.91. The molecule has 0 aliphatic rings. The largest absolute Gasteiger partial charge is 0.493 e. The molecule has 1 atom stereocenters. The Balaban J connectivity index is 1.98. The number of rotatable bonds is 9. The zero-order chi connectivity index (χ0) is 23.1. The third kappa shape index (κ3) is 5.58. The van der Waals surface area contributed by atoms with Crippen molar-refractivity contribution in [3.8, 4) is 11.5 Å². The Hall–Kier alpha value is -3.09. The predicted molar refractivity (Wildman–Crippen MR) is 121 cm³/mol. The number of carbonyl (C=O) groups excluding carboxylic acids is 2. The van der Waals surface area contributed by atoms with Gasteiger partial charge < -0.3 is 19.0 Å². The average Bonchev–Trinajstić information content (AvgIpc) is 2.80. The molecule has 0 spiro atoms. The average molecular weight is 475 g/mol.